The SMILES string of the molecule is CC[C@H](C)[C@H](NC(=O)[C@@H]1C[C@@H](O)CN1C(=O)[C@@H](N)C(C)C)C(=O)N[C@H](C(=O)N[C@@H](Cc1ccc(O)cc1)C(=O)N[C@H](C(=O)N[C@@H](CC(N)=O)C(=O)N[C@@H](CCCNC(=N)N)C(=O)N[C@@H](CCN)C(=O)N[C@H](C(=O)N[C@H](CCN)C(=O)N[C@@H](CCCCN)C(=O)N[C@@H](CS)C(=O)N[C@@H](Cc1ccc(O)cc1)C(=O)N[C@@H](CCCNC(=N)N)C(=O)N[C@@H](Cc1ccc(O)cc1)C(=O)O)[C@@H](C)O)C(C)(C)S)[C@@H](C)O. The number of aliphatic hydroxyl groups excluding tert-OH is 3. The number of nitrogens with zero attached hydrogens (tertiary/aromatic N) is 1. The predicted octanol–water partition coefficient (Wildman–Crippen LogP) is -8.68. The minimum atomic E-state index is -2.02. The van der Waals surface area contributed by atoms with Crippen molar-refractivity contribution >= 4 is 138 Å². The standard InChI is InChI=1S/C89H142N26O24S2/c1-9-44(4)67(111-80(132)64-39-53(121)41-115(64)85(137)66(94)43(2)3)81(133)113-69(46(6)117)83(135)107-60(37-48-19-25-51(119)26-20-48)78(130)114-70(89(7,8)141)84(136)108-61(40-65(93)122)77(129)103-55(15-12-34-99-87(95)96)71(123)104-58(30-33-92)75(127)112-68(45(5)116)82(134)105-57(29-32-91)74(126)101-54(14-10-11-31-90)73(125)110-63(42-140)79(131)106-59(36-47-17-23-50(118)24-18-47)76(128)102-56(16-13-35-100-88(97)98)72(124)109-62(86(138)139)38-49-21-27-52(120)28-22-49/h17-28,43-46,53-64,66-70,116-121,140-141H,9-16,29-42,90-92,94H2,1-8H3,(H2,93,122)(H,101,126)(H,102,128)(H,103,129)(H,104,123)(H,105,134)(H,106,131)(H,107,135)(H,108,136)(H,109,124)(H,110,125)(H,111,132)(H,112,127)(H,113,133)(H,114,130)(H,138,139)(H4,95,96,99)(H4,97,98,100)/t44-,45+,46+,53+,54-,55-,56-,57+,58-,59-,60-,61-,62-,63-,64-,66-,67-,68-,69-,70+/m0/s1. The third-order valence-corrected chi connectivity index (χ3v) is 23.5. The lowest BCUT2D eigenvalue weighted by Crippen LogP contribution is -2.64. The zero-order valence-corrected chi connectivity index (χ0v) is 81.9. The van der Waals surface area contributed by atoms with Crippen LogP contribution in [0.25, 0.3) is 0 Å². The predicted molar refractivity (Wildman–Crippen MR) is 521 cm³/mol. The number of unbranched alkanes of at least 4 members (excludes halogenated alkanes) is 1. The topological polar surface area (TPSA) is 857 Å². The number of aromatic hydroxyl groups is 3. The van der Waals surface area contributed by atoms with Crippen LogP contribution in [0.15, 0.2) is 72.8 Å². The van der Waals surface area contributed by atoms with Gasteiger partial charge >= 0.3 is 5.97 Å². The summed E-state index contributed by atoms with van der Waals surface area (Å²) in [6.07, 6.45) is -7.73. The first-order valence-electron chi connectivity index (χ1n) is 46.1. The molecule has 784 valence electrons. The average Bonchev–Trinajstić information content (AvgIpc) is 1.66. The maximum absolute atomic E-state index is 14.9. The number of β-amino-alcohol motifs (C(OH)–C–C–N with tert-alkyl or cyclic N) is 1. The lowest BCUT2D eigenvalue weighted by molar-refractivity contribution is -0.142. The molecule has 1 fully saturated rings. The summed E-state index contributed by atoms with van der Waals surface area (Å²) in [4.78, 5) is 243. The first-order valence-corrected chi connectivity index (χ1v) is 47.2. The summed E-state index contributed by atoms with van der Waals surface area (Å²) in [6, 6.07) is -10.0. The number of guanidine groups is 2. The second kappa shape index (κ2) is 59.6. The fourth-order valence-corrected chi connectivity index (χ4v) is 15.0. The number of carboxylic acid groups (broad SMARTS) is 1. The summed E-state index contributed by atoms with van der Waals surface area (Å²) in [5, 5.41) is 128. The molecular weight excluding hydrogens is 1880 g/mol. The quantitative estimate of drug-likeness (QED) is 0.0108. The summed E-state index contributed by atoms with van der Waals surface area (Å²) in [5.41, 5.74) is 41.6. The number of hydrogen-bond acceptors (Lipinski definition) is 31. The fraction of sp³-hybridized carbons (Fsp3) is 0.584. The molecule has 1 aliphatic heterocycles. The zero-order chi connectivity index (χ0) is 106. The van der Waals surface area contributed by atoms with E-state index in [2.05, 4.69) is 110 Å². The van der Waals surface area contributed by atoms with Crippen LogP contribution in [0.3, 0.4) is 0 Å². The molecule has 0 radical (unpaired) electrons. The van der Waals surface area contributed by atoms with Gasteiger partial charge in [-0.2, -0.15) is 25.3 Å². The summed E-state index contributed by atoms with van der Waals surface area (Å²) in [6.45, 7) is 10.7. The number of rotatable bonds is 61. The maximum Gasteiger partial charge on any atom is 0.326 e. The van der Waals surface area contributed by atoms with Gasteiger partial charge in [-0.15, -0.1) is 0 Å². The second-order valence-electron chi connectivity index (χ2n) is 35.4. The summed E-state index contributed by atoms with van der Waals surface area (Å²) >= 11 is 8.92. The molecule has 0 unspecified atom stereocenters. The number of aliphatic carboxylic acids is 1. The van der Waals surface area contributed by atoms with Gasteiger partial charge < -0.3 is 166 Å². The average molecular weight is 2020 g/mol. The van der Waals surface area contributed by atoms with Gasteiger partial charge in [0.25, 0.3) is 0 Å². The molecule has 52 heteroatoms. The Morgan fingerprint density at radius 1 is 0.440 bits per heavy atom. The van der Waals surface area contributed by atoms with Gasteiger partial charge in [-0.25, -0.2) is 4.79 Å². The number of thiol groups is 2. The monoisotopic (exact) mass is 2020 g/mol. The highest BCUT2D eigenvalue weighted by Gasteiger charge is 2.46. The van der Waals surface area contributed by atoms with E-state index in [1.165, 1.54) is 86.6 Å². The van der Waals surface area contributed by atoms with E-state index in [0.717, 1.165) is 18.7 Å². The number of nitrogens with one attached hydrogen (secondary N) is 18. The van der Waals surface area contributed by atoms with E-state index >= 15 is 0 Å². The van der Waals surface area contributed by atoms with Crippen molar-refractivity contribution < 1.29 is 117 Å². The number of nitrogens with two attached hydrogens (primary N) is 7. The van der Waals surface area contributed by atoms with E-state index in [0.29, 0.717) is 11.1 Å². The van der Waals surface area contributed by atoms with E-state index in [1.807, 2.05) is 0 Å². The number of aliphatic hydroxyl groups is 3. The molecule has 50 nitrogen and oxygen atoms in total. The van der Waals surface area contributed by atoms with Crippen LogP contribution in [-0.2, 0) is 101 Å². The van der Waals surface area contributed by atoms with Gasteiger partial charge in [-0.1, -0.05) is 70.5 Å². The van der Waals surface area contributed by atoms with Crippen molar-refractivity contribution in [3.05, 3.63) is 89.5 Å². The largest absolute Gasteiger partial charge is 0.508 e. The zero-order valence-electron chi connectivity index (χ0n) is 80.1. The Hall–Kier alpha value is -13.0. The molecule has 16 amide bonds. The van der Waals surface area contributed by atoms with Crippen molar-refractivity contribution in [1.29, 1.82) is 10.8 Å². The van der Waals surface area contributed by atoms with E-state index in [1.54, 1.807) is 27.7 Å². The minimum absolute atomic E-state index is 0.0172. The van der Waals surface area contributed by atoms with E-state index in [9.17, 15) is 117 Å². The van der Waals surface area contributed by atoms with Crippen LogP contribution in [0.1, 0.15) is 149 Å². The van der Waals surface area contributed by atoms with Crippen molar-refractivity contribution in [1.82, 2.24) is 90.0 Å². The molecule has 20 atom stereocenters. The van der Waals surface area contributed by atoms with Gasteiger partial charge in [0, 0.05) is 55.8 Å². The molecule has 1 saturated heterocycles. The van der Waals surface area contributed by atoms with Crippen molar-refractivity contribution in [2.45, 2.75) is 271 Å². The van der Waals surface area contributed by atoms with Gasteiger partial charge in [0.15, 0.2) is 11.9 Å². The summed E-state index contributed by atoms with van der Waals surface area (Å²) in [7, 11) is 0. The molecule has 3 aromatic rings. The van der Waals surface area contributed by atoms with Crippen LogP contribution in [0.5, 0.6) is 17.2 Å². The van der Waals surface area contributed by atoms with Gasteiger partial charge in [0.1, 0.15) is 108 Å². The maximum atomic E-state index is 14.9. The van der Waals surface area contributed by atoms with Crippen molar-refractivity contribution in [3.8, 4) is 17.2 Å². The molecular formula is C89H142N26O24S2. The normalized spacial score (nSPS) is 16.8. The Labute approximate surface area is 826 Å². The Morgan fingerprint density at radius 2 is 0.773 bits per heavy atom. The molecule has 141 heavy (non-hydrogen) atoms. The van der Waals surface area contributed by atoms with Gasteiger partial charge in [0.05, 0.1) is 30.8 Å². The lowest BCUT2D eigenvalue weighted by Gasteiger charge is -2.33. The van der Waals surface area contributed by atoms with E-state index < -0.39 is 263 Å². The van der Waals surface area contributed by atoms with Gasteiger partial charge in [-0.3, -0.25) is 87.5 Å². The summed E-state index contributed by atoms with van der Waals surface area (Å²) in [5.74, 6) is -21.6. The Bertz CT molecular complexity index is 4730. The lowest BCUT2D eigenvalue weighted by atomic mass is 9.96. The van der Waals surface area contributed by atoms with Crippen LogP contribution in [0, 0.1) is 22.7 Å². The van der Waals surface area contributed by atoms with E-state index in [-0.39, 0.29) is 145 Å². The van der Waals surface area contributed by atoms with E-state index in [4.69, 9.17) is 51.0 Å². The fourth-order valence-electron chi connectivity index (χ4n) is 14.6. The van der Waals surface area contributed by atoms with Crippen LogP contribution >= 0.6 is 25.3 Å². The van der Waals surface area contributed by atoms with Gasteiger partial charge in [-0.05, 0) is 170 Å². The molecule has 39 N–H and O–H groups in total. The number of hydrogen-bond donors (Lipinski definition) is 34. The summed E-state index contributed by atoms with van der Waals surface area (Å²) < 4.78 is -1.65. The molecule has 0 aliphatic carbocycles. The highest BCUT2D eigenvalue weighted by molar-refractivity contribution is 7.81. The number of amides is 16. The highest BCUT2D eigenvalue weighted by atomic mass is 32.1. The molecule has 0 spiro atoms. The molecule has 0 saturated carbocycles. The second-order valence-corrected chi connectivity index (χ2v) is 36.9. The number of phenols is 3. The first-order chi connectivity index (χ1) is 66.3. The number of likely N-dealkylation sites (tertiary alicyclic amines) is 1. The Kier molecular flexibility index (Phi) is 50.8. The number of carbonyl (C=O) groups excluding carboxylic acids is 16. The third-order valence-electron chi connectivity index (χ3n) is 22.9. The van der Waals surface area contributed by atoms with Crippen LogP contribution < -0.4 is 125 Å². The number of carbonyl (C=O) groups is 17. The molecule has 4 rings (SSSR count). The van der Waals surface area contributed by atoms with Crippen LogP contribution in [0.4, 0.5) is 0 Å². The van der Waals surface area contributed by atoms with Crippen molar-refractivity contribution in [2.24, 2.45) is 52.0 Å². The number of benzene rings is 3. The van der Waals surface area contributed by atoms with Crippen molar-refractivity contribution in [3.63, 3.8) is 0 Å². The number of phenolic OH excluding ortho intramolecular Hbond substituents is 3. The molecule has 0 aromatic heterocycles. The molecule has 0 bridgehead atoms. The van der Waals surface area contributed by atoms with Crippen LogP contribution in [-0.4, -0.2) is 318 Å². The Morgan fingerprint density at radius 3 is 1.15 bits per heavy atom. The molecule has 1 heterocycles. The minimum Gasteiger partial charge on any atom is -0.508 e. The highest BCUT2D eigenvalue weighted by Crippen LogP contribution is 2.25. The van der Waals surface area contributed by atoms with Crippen LogP contribution in [0.2, 0.25) is 0 Å². The Balaban J connectivity index is 1.60. The van der Waals surface area contributed by atoms with Crippen molar-refractivity contribution in [2.75, 3.05) is 45.0 Å². The molecule has 1 aliphatic rings. The third kappa shape index (κ3) is 41.0. The van der Waals surface area contributed by atoms with Gasteiger partial charge in [0.2, 0.25) is 94.5 Å². The molecule has 3 aromatic carbocycles. The first kappa shape index (κ1) is 120. The number of carboxylic acids is 1. The number of primary amides is 1. The smallest absolute Gasteiger partial charge is 0.326 e.